The molecule has 0 heterocycles. The number of amides is 1. The Morgan fingerprint density at radius 1 is 1.50 bits per heavy atom. The quantitative estimate of drug-likeness (QED) is 0.671. The van der Waals surface area contributed by atoms with Gasteiger partial charge in [-0.15, -0.1) is 0 Å². The molecule has 0 saturated heterocycles. The van der Waals surface area contributed by atoms with E-state index in [1.807, 2.05) is 20.9 Å². The Kier molecular flexibility index (Phi) is 4.74. The molecule has 1 aliphatic carbocycles. The number of rotatable bonds is 7. The second-order valence-electron chi connectivity index (χ2n) is 5.18. The molecule has 16 heavy (non-hydrogen) atoms. The van der Waals surface area contributed by atoms with Gasteiger partial charge in [0.15, 0.2) is 0 Å². The highest BCUT2D eigenvalue weighted by Gasteiger charge is 2.41. The lowest BCUT2D eigenvalue weighted by Gasteiger charge is -2.22. The largest absolute Gasteiger partial charge is 0.396 e. The van der Waals surface area contributed by atoms with Crippen molar-refractivity contribution in [3.05, 3.63) is 0 Å². The first-order valence-electron chi connectivity index (χ1n) is 6.08. The third-order valence-electron chi connectivity index (χ3n) is 3.54. The van der Waals surface area contributed by atoms with Gasteiger partial charge >= 0.3 is 0 Å². The van der Waals surface area contributed by atoms with Crippen LogP contribution >= 0.6 is 0 Å². The smallest absolute Gasteiger partial charge is 0.236 e. The van der Waals surface area contributed by atoms with E-state index >= 15 is 0 Å². The van der Waals surface area contributed by atoms with Gasteiger partial charge in [-0.25, -0.2) is 0 Å². The maximum Gasteiger partial charge on any atom is 0.236 e. The van der Waals surface area contributed by atoms with Crippen LogP contribution in [0.1, 0.15) is 33.1 Å². The molecule has 0 radical (unpaired) electrons. The highest BCUT2D eigenvalue weighted by atomic mass is 16.3. The van der Waals surface area contributed by atoms with E-state index in [2.05, 4.69) is 5.32 Å². The first-order chi connectivity index (χ1) is 7.51. The van der Waals surface area contributed by atoms with Crippen molar-refractivity contribution in [2.24, 2.45) is 5.41 Å². The Balaban J connectivity index is 2.18. The van der Waals surface area contributed by atoms with E-state index in [9.17, 15) is 4.79 Å². The van der Waals surface area contributed by atoms with Crippen LogP contribution in [-0.2, 0) is 4.79 Å². The van der Waals surface area contributed by atoms with E-state index in [1.54, 1.807) is 4.90 Å². The Morgan fingerprint density at radius 2 is 2.12 bits per heavy atom. The molecule has 1 fully saturated rings. The first kappa shape index (κ1) is 13.5. The predicted octanol–water partition coefficient (Wildman–Crippen LogP) is 0.605. The molecule has 1 rings (SSSR count). The van der Waals surface area contributed by atoms with Crippen molar-refractivity contribution < 1.29 is 9.90 Å². The van der Waals surface area contributed by atoms with Crippen LogP contribution in [0.15, 0.2) is 0 Å². The monoisotopic (exact) mass is 228 g/mol. The molecule has 1 amide bonds. The minimum absolute atomic E-state index is 0.134. The molecule has 0 aromatic heterocycles. The lowest BCUT2D eigenvalue weighted by Crippen LogP contribution is -2.40. The van der Waals surface area contributed by atoms with Gasteiger partial charge in [0.2, 0.25) is 5.91 Å². The number of aliphatic hydroxyl groups is 1. The lowest BCUT2D eigenvalue weighted by atomic mass is 10.0. The Labute approximate surface area is 98.0 Å². The third kappa shape index (κ3) is 3.76. The first-order valence-corrected chi connectivity index (χ1v) is 6.08. The van der Waals surface area contributed by atoms with Crippen LogP contribution < -0.4 is 5.32 Å². The molecule has 1 saturated carbocycles. The summed E-state index contributed by atoms with van der Waals surface area (Å²) in [5, 5.41) is 12.1. The van der Waals surface area contributed by atoms with Crippen LogP contribution in [0.2, 0.25) is 0 Å². The van der Waals surface area contributed by atoms with Gasteiger partial charge in [-0.2, -0.15) is 0 Å². The van der Waals surface area contributed by atoms with Gasteiger partial charge in [-0.1, -0.05) is 0 Å². The Hall–Kier alpha value is -0.610. The van der Waals surface area contributed by atoms with Crippen molar-refractivity contribution in [2.75, 3.05) is 26.7 Å². The second-order valence-corrected chi connectivity index (χ2v) is 5.18. The third-order valence-corrected chi connectivity index (χ3v) is 3.54. The van der Waals surface area contributed by atoms with Crippen molar-refractivity contribution >= 4 is 5.91 Å². The van der Waals surface area contributed by atoms with Gasteiger partial charge in [-0.05, 0) is 38.5 Å². The van der Waals surface area contributed by atoms with E-state index in [4.69, 9.17) is 5.11 Å². The summed E-state index contributed by atoms with van der Waals surface area (Å²) in [4.78, 5) is 13.4. The van der Waals surface area contributed by atoms with Crippen molar-refractivity contribution in [3.63, 3.8) is 0 Å². The molecule has 0 atom stereocenters. The zero-order valence-corrected chi connectivity index (χ0v) is 10.6. The van der Waals surface area contributed by atoms with Crippen LogP contribution in [0.4, 0.5) is 0 Å². The molecule has 2 N–H and O–H groups in total. The summed E-state index contributed by atoms with van der Waals surface area (Å²) in [6, 6.07) is 0.252. The Morgan fingerprint density at radius 3 is 2.56 bits per heavy atom. The number of nitrogens with zero attached hydrogens (tertiary/aromatic N) is 1. The zero-order valence-electron chi connectivity index (χ0n) is 10.6. The molecule has 0 unspecified atom stereocenters. The van der Waals surface area contributed by atoms with Crippen LogP contribution in [-0.4, -0.2) is 48.7 Å². The predicted molar refractivity (Wildman–Crippen MR) is 64.1 cm³/mol. The summed E-state index contributed by atoms with van der Waals surface area (Å²) in [7, 11) is 1.83. The van der Waals surface area contributed by atoms with E-state index in [0.29, 0.717) is 6.54 Å². The molecule has 94 valence electrons. The normalized spacial score (nSPS) is 17.6. The maximum atomic E-state index is 11.7. The standard InChI is InChI=1S/C12H24N2O2/c1-10(2)14(3)11(16)8-13-9-12(4-5-12)6-7-15/h10,13,15H,4-9H2,1-3H3. The van der Waals surface area contributed by atoms with E-state index in [0.717, 1.165) is 13.0 Å². The topological polar surface area (TPSA) is 52.6 Å². The molecule has 0 aromatic carbocycles. The average molecular weight is 228 g/mol. The van der Waals surface area contributed by atoms with Crippen molar-refractivity contribution in [3.8, 4) is 0 Å². The molecule has 0 aliphatic heterocycles. The molecule has 4 nitrogen and oxygen atoms in total. The van der Waals surface area contributed by atoms with Crippen molar-refractivity contribution in [1.82, 2.24) is 10.2 Å². The molecule has 1 aliphatic rings. The fourth-order valence-corrected chi connectivity index (χ4v) is 1.78. The summed E-state index contributed by atoms with van der Waals surface area (Å²) < 4.78 is 0. The van der Waals surface area contributed by atoms with Gasteiger partial charge < -0.3 is 15.3 Å². The number of carbonyl (C=O) groups is 1. The number of hydrogen-bond donors (Lipinski definition) is 2. The lowest BCUT2D eigenvalue weighted by molar-refractivity contribution is -0.130. The summed E-state index contributed by atoms with van der Waals surface area (Å²) >= 11 is 0. The van der Waals surface area contributed by atoms with Crippen LogP contribution in [0.5, 0.6) is 0 Å². The number of likely N-dealkylation sites (N-methyl/N-ethyl adjacent to an activating group) is 1. The van der Waals surface area contributed by atoms with E-state index in [-0.39, 0.29) is 24.0 Å². The molecular weight excluding hydrogens is 204 g/mol. The van der Waals surface area contributed by atoms with Crippen LogP contribution in [0.25, 0.3) is 0 Å². The average Bonchev–Trinajstić information content (AvgIpc) is 2.97. The van der Waals surface area contributed by atoms with Gasteiger partial charge in [0.05, 0.1) is 6.54 Å². The van der Waals surface area contributed by atoms with Crippen LogP contribution in [0, 0.1) is 5.41 Å². The Bertz CT molecular complexity index is 237. The minimum atomic E-state index is 0.134. The molecule has 0 aromatic rings. The van der Waals surface area contributed by atoms with Gasteiger partial charge in [-0.3, -0.25) is 4.79 Å². The SMILES string of the molecule is CC(C)N(C)C(=O)CNCC1(CCO)CC1. The number of hydrogen-bond acceptors (Lipinski definition) is 3. The highest BCUT2D eigenvalue weighted by Crippen LogP contribution is 2.47. The molecule has 0 spiro atoms. The van der Waals surface area contributed by atoms with E-state index in [1.165, 1.54) is 12.8 Å². The van der Waals surface area contributed by atoms with Gasteiger partial charge in [0.25, 0.3) is 0 Å². The molecular formula is C12H24N2O2. The van der Waals surface area contributed by atoms with Crippen LogP contribution in [0.3, 0.4) is 0 Å². The van der Waals surface area contributed by atoms with Crippen molar-refractivity contribution in [1.29, 1.82) is 0 Å². The summed E-state index contributed by atoms with van der Waals surface area (Å²) in [5.74, 6) is 0.134. The summed E-state index contributed by atoms with van der Waals surface area (Å²) in [6.45, 7) is 5.52. The second kappa shape index (κ2) is 5.64. The summed E-state index contributed by atoms with van der Waals surface area (Å²) in [6.07, 6.45) is 3.21. The van der Waals surface area contributed by atoms with Crippen molar-refractivity contribution in [2.45, 2.75) is 39.2 Å². The zero-order chi connectivity index (χ0) is 12.2. The number of aliphatic hydroxyl groups excluding tert-OH is 1. The fourth-order valence-electron chi connectivity index (χ4n) is 1.78. The highest BCUT2D eigenvalue weighted by molar-refractivity contribution is 5.78. The minimum Gasteiger partial charge on any atom is -0.396 e. The molecule has 4 heteroatoms. The van der Waals surface area contributed by atoms with E-state index < -0.39 is 0 Å². The van der Waals surface area contributed by atoms with Gasteiger partial charge in [0, 0.05) is 26.2 Å². The number of nitrogens with one attached hydrogen (secondary N) is 1. The number of carbonyl (C=O) groups excluding carboxylic acids is 1. The van der Waals surface area contributed by atoms with Gasteiger partial charge in [0.1, 0.15) is 0 Å². The fraction of sp³-hybridized carbons (Fsp3) is 0.917. The summed E-state index contributed by atoms with van der Waals surface area (Å²) in [5.41, 5.74) is 0.283. The maximum absolute atomic E-state index is 11.7. The molecule has 0 bridgehead atoms.